The van der Waals surface area contributed by atoms with E-state index < -0.39 is 11.4 Å². The number of hydrogen-bond acceptors (Lipinski definition) is 4. The molecule has 1 aromatic heterocycles. The van der Waals surface area contributed by atoms with Crippen LogP contribution in [0, 0.1) is 5.41 Å². The average molecular weight is 275 g/mol. The third-order valence-corrected chi connectivity index (χ3v) is 3.14. The Kier molecular flexibility index (Phi) is 3.74. The van der Waals surface area contributed by atoms with E-state index in [9.17, 15) is 9.90 Å². The molecule has 0 amide bonds. The Morgan fingerprint density at radius 1 is 1.35 bits per heavy atom. The molecular formula is C14H17N3O3. The van der Waals surface area contributed by atoms with Gasteiger partial charge in [0.05, 0.1) is 30.1 Å². The highest BCUT2D eigenvalue weighted by Crippen LogP contribution is 2.23. The van der Waals surface area contributed by atoms with E-state index in [2.05, 4.69) is 10.3 Å². The van der Waals surface area contributed by atoms with Gasteiger partial charge in [-0.25, -0.2) is 4.68 Å². The van der Waals surface area contributed by atoms with Gasteiger partial charge < -0.3 is 9.84 Å². The SMILES string of the molecule is COc1ccc(-n2nncc2CC(C)(C)C(=O)O)cc1. The van der Waals surface area contributed by atoms with Gasteiger partial charge in [-0.1, -0.05) is 5.21 Å². The Labute approximate surface area is 117 Å². The summed E-state index contributed by atoms with van der Waals surface area (Å²) in [7, 11) is 1.60. The molecule has 1 N–H and O–H groups in total. The molecule has 0 bridgehead atoms. The van der Waals surface area contributed by atoms with Crippen LogP contribution < -0.4 is 4.74 Å². The summed E-state index contributed by atoms with van der Waals surface area (Å²) in [6.45, 7) is 3.36. The first-order valence-electron chi connectivity index (χ1n) is 6.21. The second-order valence-corrected chi connectivity index (χ2v) is 5.20. The summed E-state index contributed by atoms with van der Waals surface area (Å²) < 4.78 is 6.75. The van der Waals surface area contributed by atoms with Crippen molar-refractivity contribution in [2.45, 2.75) is 20.3 Å². The van der Waals surface area contributed by atoms with Gasteiger partial charge in [0.25, 0.3) is 0 Å². The van der Waals surface area contributed by atoms with Crippen molar-refractivity contribution in [2.75, 3.05) is 7.11 Å². The van der Waals surface area contributed by atoms with Crippen molar-refractivity contribution < 1.29 is 14.6 Å². The summed E-state index contributed by atoms with van der Waals surface area (Å²) in [5.41, 5.74) is 0.702. The van der Waals surface area contributed by atoms with E-state index in [1.165, 1.54) is 0 Å². The van der Waals surface area contributed by atoms with Gasteiger partial charge in [0.2, 0.25) is 0 Å². The number of benzene rings is 1. The van der Waals surface area contributed by atoms with E-state index in [1.54, 1.807) is 31.8 Å². The van der Waals surface area contributed by atoms with Gasteiger partial charge in [-0.05, 0) is 38.1 Å². The van der Waals surface area contributed by atoms with Gasteiger partial charge >= 0.3 is 5.97 Å². The topological polar surface area (TPSA) is 77.2 Å². The molecule has 106 valence electrons. The zero-order valence-corrected chi connectivity index (χ0v) is 11.7. The van der Waals surface area contributed by atoms with Crippen molar-refractivity contribution in [2.24, 2.45) is 5.41 Å². The summed E-state index contributed by atoms with van der Waals surface area (Å²) in [4.78, 5) is 11.2. The molecule has 0 aliphatic rings. The van der Waals surface area contributed by atoms with Gasteiger partial charge in [0.1, 0.15) is 5.75 Å². The number of nitrogens with zero attached hydrogens (tertiary/aromatic N) is 3. The highest BCUT2D eigenvalue weighted by atomic mass is 16.5. The van der Waals surface area contributed by atoms with Crippen LogP contribution in [0.1, 0.15) is 19.5 Å². The largest absolute Gasteiger partial charge is 0.497 e. The Morgan fingerprint density at radius 2 is 2.00 bits per heavy atom. The van der Waals surface area contributed by atoms with Gasteiger partial charge in [-0.3, -0.25) is 4.79 Å². The monoisotopic (exact) mass is 275 g/mol. The lowest BCUT2D eigenvalue weighted by molar-refractivity contribution is -0.146. The quantitative estimate of drug-likeness (QED) is 0.902. The normalized spacial score (nSPS) is 11.3. The molecule has 6 heteroatoms. The summed E-state index contributed by atoms with van der Waals surface area (Å²) >= 11 is 0. The van der Waals surface area contributed by atoms with Crippen molar-refractivity contribution in [3.05, 3.63) is 36.2 Å². The Bertz CT molecular complexity index is 602. The van der Waals surface area contributed by atoms with Crippen LogP contribution in [0.25, 0.3) is 5.69 Å². The van der Waals surface area contributed by atoms with Crippen LogP contribution in [0.4, 0.5) is 0 Å². The van der Waals surface area contributed by atoms with E-state index in [0.717, 1.165) is 17.1 Å². The molecule has 1 aromatic carbocycles. The van der Waals surface area contributed by atoms with Gasteiger partial charge in [0, 0.05) is 6.42 Å². The molecule has 0 aliphatic carbocycles. The second-order valence-electron chi connectivity index (χ2n) is 5.20. The van der Waals surface area contributed by atoms with Gasteiger partial charge in [0.15, 0.2) is 0 Å². The molecule has 0 saturated carbocycles. The molecule has 20 heavy (non-hydrogen) atoms. The molecule has 0 spiro atoms. The van der Waals surface area contributed by atoms with Gasteiger partial charge in [-0.2, -0.15) is 0 Å². The molecule has 1 heterocycles. The van der Waals surface area contributed by atoms with Crippen LogP contribution in [0.5, 0.6) is 5.75 Å². The molecule has 6 nitrogen and oxygen atoms in total. The molecule has 0 saturated heterocycles. The number of aliphatic carboxylic acids is 1. The Balaban J connectivity index is 2.30. The molecule has 0 unspecified atom stereocenters. The zero-order valence-electron chi connectivity index (χ0n) is 11.7. The predicted molar refractivity (Wildman–Crippen MR) is 73.0 cm³/mol. The standard InChI is InChI=1S/C14H17N3O3/c1-14(2,13(18)19)8-11-9-15-16-17(11)10-4-6-12(20-3)7-5-10/h4-7,9H,8H2,1-3H3,(H,18,19). The maximum Gasteiger partial charge on any atom is 0.309 e. The maximum absolute atomic E-state index is 11.2. The van der Waals surface area contributed by atoms with E-state index in [4.69, 9.17) is 4.74 Å². The lowest BCUT2D eigenvalue weighted by Gasteiger charge is -2.19. The van der Waals surface area contributed by atoms with Crippen molar-refractivity contribution in [3.63, 3.8) is 0 Å². The summed E-state index contributed by atoms with van der Waals surface area (Å²) in [5, 5.41) is 17.1. The molecule has 0 atom stereocenters. The van der Waals surface area contributed by atoms with E-state index in [-0.39, 0.29) is 0 Å². The first kappa shape index (κ1) is 14.0. The van der Waals surface area contributed by atoms with Crippen molar-refractivity contribution in [1.82, 2.24) is 15.0 Å². The smallest absolute Gasteiger partial charge is 0.309 e. The fourth-order valence-corrected chi connectivity index (χ4v) is 1.85. The van der Waals surface area contributed by atoms with Crippen molar-refractivity contribution in [1.29, 1.82) is 0 Å². The molecule has 0 aliphatic heterocycles. The number of carboxylic acids is 1. The number of methoxy groups -OCH3 is 1. The summed E-state index contributed by atoms with van der Waals surface area (Å²) in [6, 6.07) is 7.35. The molecule has 0 fully saturated rings. The first-order valence-corrected chi connectivity index (χ1v) is 6.21. The minimum atomic E-state index is -0.869. The number of carboxylic acid groups (broad SMARTS) is 1. The van der Waals surface area contributed by atoms with Crippen LogP contribution >= 0.6 is 0 Å². The molecular weight excluding hydrogens is 258 g/mol. The van der Waals surface area contributed by atoms with Crippen LogP contribution in [0.2, 0.25) is 0 Å². The number of rotatable bonds is 5. The van der Waals surface area contributed by atoms with Crippen LogP contribution in [0.15, 0.2) is 30.5 Å². The van der Waals surface area contributed by atoms with Crippen LogP contribution in [0.3, 0.4) is 0 Å². The fraction of sp³-hybridized carbons (Fsp3) is 0.357. The lowest BCUT2D eigenvalue weighted by Crippen LogP contribution is -2.27. The number of ether oxygens (including phenoxy) is 1. The summed E-state index contributed by atoms with van der Waals surface area (Å²) in [6.07, 6.45) is 1.94. The Morgan fingerprint density at radius 3 is 2.55 bits per heavy atom. The number of carbonyl (C=O) groups is 1. The Hall–Kier alpha value is -2.37. The minimum absolute atomic E-state index is 0.349. The van der Waals surface area contributed by atoms with Crippen LogP contribution in [-0.2, 0) is 11.2 Å². The number of aromatic nitrogens is 3. The molecule has 0 radical (unpaired) electrons. The van der Waals surface area contributed by atoms with Gasteiger partial charge in [-0.15, -0.1) is 5.10 Å². The predicted octanol–water partition coefficient (Wildman–Crippen LogP) is 1.93. The average Bonchev–Trinajstić information content (AvgIpc) is 2.86. The molecule has 2 rings (SSSR count). The van der Waals surface area contributed by atoms with E-state index >= 15 is 0 Å². The second kappa shape index (κ2) is 5.32. The third-order valence-electron chi connectivity index (χ3n) is 3.14. The highest BCUT2D eigenvalue weighted by Gasteiger charge is 2.29. The zero-order chi connectivity index (χ0) is 14.8. The van der Waals surface area contributed by atoms with E-state index in [0.29, 0.717) is 6.42 Å². The van der Waals surface area contributed by atoms with E-state index in [1.807, 2.05) is 24.3 Å². The fourth-order valence-electron chi connectivity index (χ4n) is 1.85. The minimum Gasteiger partial charge on any atom is -0.497 e. The van der Waals surface area contributed by atoms with Crippen molar-refractivity contribution >= 4 is 5.97 Å². The molecule has 2 aromatic rings. The third kappa shape index (κ3) is 2.79. The first-order chi connectivity index (χ1) is 9.44. The maximum atomic E-state index is 11.2. The number of hydrogen-bond donors (Lipinski definition) is 1. The van der Waals surface area contributed by atoms with Crippen LogP contribution in [-0.4, -0.2) is 33.2 Å². The highest BCUT2D eigenvalue weighted by molar-refractivity contribution is 5.73. The summed E-state index contributed by atoms with van der Waals surface area (Å²) in [5.74, 6) is -0.0961. The van der Waals surface area contributed by atoms with Crippen molar-refractivity contribution in [3.8, 4) is 11.4 Å². The lowest BCUT2D eigenvalue weighted by atomic mass is 9.88.